The smallest absolute Gasteiger partial charge is 0.286 e. The van der Waals surface area contributed by atoms with Gasteiger partial charge in [-0.15, -0.1) is 0 Å². The average molecular weight is 393 g/mol. The Morgan fingerprint density at radius 1 is 1.00 bits per heavy atom. The fourth-order valence-corrected chi connectivity index (χ4v) is 5.11. The number of nitrogens with one attached hydrogen (secondary N) is 1. The molecule has 0 aliphatic rings. The molecule has 7 heteroatoms. The third kappa shape index (κ3) is 4.22. The second-order valence-electron chi connectivity index (χ2n) is 6.45. The van der Waals surface area contributed by atoms with Gasteiger partial charge in [0.15, 0.2) is 0 Å². The highest BCUT2D eigenvalue weighted by Crippen LogP contribution is 2.32. The van der Waals surface area contributed by atoms with E-state index < -0.39 is 10.0 Å². The summed E-state index contributed by atoms with van der Waals surface area (Å²) in [6, 6.07) is 8.89. The molecule has 0 saturated heterocycles. The van der Waals surface area contributed by atoms with Crippen LogP contribution in [0.2, 0.25) is 0 Å². The lowest BCUT2D eigenvalue weighted by Crippen LogP contribution is -2.19. The Hall–Kier alpha value is -1.99. The number of aryl methyl sites for hydroxylation is 2. The number of thioether (sulfide) groups is 1. The van der Waals surface area contributed by atoms with Crippen LogP contribution in [-0.2, 0) is 10.0 Å². The van der Waals surface area contributed by atoms with Crippen LogP contribution in [0.5, 0.6) is 0 Å². The first-order valence-corrected chi connectivity index (χ1v) is 10.4. The standard InChI is InChI=1S/C19H24N2O3S2/c1-12-11-13(2)15(4)18(14(12)3)26(23,24)20-16-9-7-8-10-17(16)25-19(22)21(5)6/h7-11,20H,1-6H3. The Morgan fingerprint density at radius 3 is 2.08 bits per heavy atom. The quantitative estimate of drug-likeness (QED) is 0.778. The molecule has 0 atom stereocenters. The second kappa shape index (κ2) is 7.72. The maximum Gasteiger partial charge on any atom is 0.286 e. The molecular formula is C19H24N2O3S2. The first-order chi connectivity index (χ1) is 12.0. The summed E-state index contributed by atoms with van der Waals surface area (Å²) in [6.45, 7) is 7.43. The lowest BCUT2D eigenvalue weighted by molar-refractivity contribution is 0.241. The van der Waals surface area contributed by atoms with E-state index in [2.05, 4.69) is 4.72 Å². The largest absolute Gasteiger partial charge is 0.339 e. The maximum atomic E-state index is 13.1. The van der Waals surface area contributed by atoms with Crippen LogP contribution in [0.15, 0.2) is 40.1 Å². The molecule has 0 heterocycles. The highest BCUT2D eigenvalue weighted by atomic mass is 32.2. The van der Waals surface area contributed by atoms with Gasteiger partial charge in [0, 0.05) is 19.0 Å². The van der Waals surface area contributed by atoms with Gasteiger partial charge >= 0.3 is 0 Å². The van der Waals surface area contributed by atoms with Gasteiger partial charge in [0.1, 0.15) is 0 Å². The number of carbonyl (C=O) groups excluding carboxylic acids is 1. The number of anilines is 1. The lowest BCUT2D eigenvalue weighted by Gasteiger charge is -2.18. The summed E-state index contributed by atoms with van der Waals surface area (Å²) < 4.78 is 28.9. The molecule has 0 spiro atoms. The van der Waals surface area contributed by atoms with Gasteiger partial charge in [-0.25, -0.2) is 8.42 Å². The minimum atomic E-state index is -3.79. The van der Waals surface area contributed by atoms with Crippen LogP contribution in [-0.4, -0.2) is 32.7 Å². The van der Waals surface area contributed by atoms with E-state index >= 15 is 0 Å². The zero-order valence-corrected chi connectivity index (χ0v) is 17.5. The van der Waals surface area contributed by atoms with Crippen LogP contribution in [0.3, 0.4) is 0 Å². The summed E-state index contributed by atoms with van der Waals surface area (Å²) in [4.78, 5) is 14.3. The van der Waals surface area contributed by atoms with E-state index in [4.69, 9.17) is 0 Å². The van der Waals surface area contributed by atoms with Crippen LogP contribution in [0.25, 0.3) is 0 Å². The number of para-hydroxylation sites is 1. The molecule has 0 aromatic heterocycles. The number of hydrogen-bond donors (Lipinski definition) is 1. The van der Waals surface area contributed by atoms with E-state index in [9.17, 15) is 13.2 Å². The molecule has 0 bridgehead atoms. The molecule has 1 amide bonds. The normalized spacial score (nSPS) is 11.3. The maximum absolute atomic E-state index is 13.1. The summed E-state index contributed by atoms with van der Waals surface area (Å²) in [7, 11) is -0.472. The van der Waals surface area contributed by atoms with Crippen molar-refractivity contribution in [3.8, 4) is 0 Å². The summed E-state index contributed by atoms with van der Waals surface area (Å²) in [5.74, 6) is 0. The van der Waals surface area contributed by atoms with E-state index in [1.165, 1.54) is 4.90 Å². The van der Waals surface area contributed by atoms with Gasteiger partial charge in [0.2, 0.25) is 0 Å². The highest BCUT2D eigenvalue weighted by Gasteiger charge is 2.23. The van der Waals surface area contributed by atoms with Crippen molar-refractivity contribution < 1.29 is 13.2 Å². The predicted octanol–water partition coefficient (Wildman–Crippen LogP) is 4.49. The lowest BCUT2D eigenvalue weighted by atomic mass is 10.0. The fourth-order valence-electron chi connectivity index (χ4n) is 2.60. The van der Waals surface area contributed by atoms with Crippen molar-refractivity contribution in [3.63, 3.8) is 0 Å². The Bertz CT molecular complexity index is 925. The van der Waals surface area contributed by atoms with Gasteiger partial charge in [-0.1, -0.05) is 18.2 Å². The predicted molar refractivity (Wildman–Crippen MR) is 108 cm³/mol. The summed E-state index contributed by atoms with van der Waals surface area (Å²) in [5.41, 5.74) is 3.72. The van der Waals surface area contributed by atoms with Crippen molar-refractivity contribution in [2.24, 2.45) is 0 Å². The molecule has 26 heavy (non-hydrogen) atoms. The third-order valence-corrected chi connectivity index (χ3v) is 7.01. The van der Waals surface area contributed by atoms with Crippen molar-refractivity contribution >= 4 is 32.7 Å². The summed E-state index contributed by atoms with van der Waals surface area (Å²) >= 11 is 0.989. The molecule has 0 fully saturated rings. The van der Waals surface area contributed by atoms with Crippen molar-refractivity contribution in [3.05, 3.63) is 52.6 Å². The van der Waals surface area contributed by atoms with Gasteiger partial charge in [0.05, 0.1) is 10.6 Å². The molecule has 0 unspecified atom stereocenters. The van der Waals surface area contributed by atoms with Crippen LogP contribution < -0.4 is 4.72 Å². The average Bonchev–Trinajstić information content (AvgIpc) is 2.54. The van der Waals surface area contributed by atoms with Crippen molar-refractivity contribution in [2.45, 2.75) is 37.5 Å². The Morgan fingerprint density at radius 2 is 1.54 bits per heavy atom. The summed E-state index contributed by atoms with van der Waals surface area (Å²) in [6.07, 6.45) is 0. The van der Waals surface area contributed by atoms with Crippen LogP contribution >= 0.6 is 11.8 Å². The third-order valence-electron chi connectivity index (χ3n) is 4.26. The van der Waals surface area contributed by atoms with Crippen LogP contribution in [0.4, 0.5) is 10.5 Å². The molecule has 140 valence electrons. The minimum absolute atomic E-state index is 0.171. The number of hydrogen-bond acceptors (Lipinski definition) is 4. The SMILES string of the molecule is Cc1cc(C)c(C)c(S(=O)(=O)Nc2ccccc2SC(=O)N(C)C)c1C. The van der Waals surface area contributed by atoms with Crippen LogP contribution in [0.1, 0.15) is 22.3 Å². The molecule has 0 aliphatic heterocycles. The van der Waals surface area contributed by atoms with Gasteiger partial charge in [0.25, 0.3) is 15.3 Å². The van der Waals surface area contributed by atoms with E-state index in [0.717, 1.165) is 34.0 Å². The molecular weight excluding hydrogens is 368 g/mol. The number of sulfonamides is 1. The number of nitrogens with zero attached hydrogens (tertiary/aromatic N) is 1. The second-order valence-corrected chi connectivity index (χ2v) is 9.07. The monoisotopic (exact) mass is 392 g/mol. The molecule has 0 radical (unpaired) electrons. The van der Waals surface area contributed by atoms with E-state index in [-0.39, 0.29) is 5.24 Å². The van der Waals surface area contributed by atoms with Crippen molar-refractivity contribution in [1.29, 1.82) is 0 Å². The van der Waals surface area contributed by atoms with Crippen molar-refractivity contribution in [1.82, 2.24) is 4.90 Å². The highest BCUT2D eigenvalue weighted by molar-refractivity contribution is 8.13. The number of amides is 1. The van der Waals surface area contributed by atoms with Gasteiger partial charge < -0.3 is 4.90 Å². The molecule has 2 rings (SSSR count). The zero-order valence-electron chi connectivity index (χ0n) is 15.9. The van der Waals surface area contributed by atoms with E-state index in [1.54, 1.807) is 38.4 Å². The molecule has 2 aromatic carbocycles. The van der Waals surface area contributed by atoms with Crippen LogP contribution in [0, 0.1) is 27.7 Å². The zero-order chi connectivity index (χ0) is 19.6. The molecule has 0 saturated carbocycles. The first kappa shape index (κ1) is 20.3. The Kier molecular flexibility index (Phi) is 6.03. The molecule has 1 N–H and O–H groups in total. The Labute approximate surface area is 159 Å². The van der Waals surface area contributed by atoms with E-state index in [0.29, 0.717) is 15.5 Å². The number of benzene rings is 2. The number of carbonyl (C=O) groups is 1. The summed E-state index contributed by atoms with van der Waals surface area (Å²) in [5, 5.41) is -0.171. The number of rotatable bonds is 4. The van der Waals surface area contributed by atoms with Gasteiger partial charge in [-0.3, -0.25) is 9.52 Å². The van der Waals surface area contributed by atoms with Crippen molar-refractivity contribution in [2.75, 3.05) is 18.8 Å². The fraction of sp³-hybridized carbons (Fsp3) is 0.316. The van der Waals surface area contributed by atoms with Gasteiger partial charge in [-0.05, 0) is 73.8 Å². The minimum Gasteiger partial charge on any atom is -0.339 e. The first-order valence-electron chi connectivity index (χ1n) is 8.13. The molecule has 5 nitrogen and oxygen atoms in total. The topological polar surface area (TPSA) is 66.5 Å². The van der Waals surface area contributed by atoms with Gasteiger partial charge in [-0.2, -0.15) is 0 Å². The van der Waals surface area contributed by atoms with E-state index in [1.807, 2.05) is 33.8 Å². The molecule has 2 aromatic rings. The molecule has 0 aliphatic carbocycles. The Balaban J connectivity index is 2.48.